The van der Waals surface area contributed by atoms with Crippen molar-refractivity contribution in [3.8, 4) is 0 Å². The smallest absolute Gasteiger partial charge is 0.285 e. The Morgan fingerprint density at radius 2 is 0.818 bits per heavy atom. The lowest BCUT2D eigenvalue weighted by Gasteiger charge is -2.18. The lowest BCUT2D eigenvalue weighted by atomic mass is 9.96. The van der Waals surface area contributed by atoms with Gasteiger partial charge in [-0.1, -0.05) is 127 Å². The fraction of sp³-hybridized carbons (Fsp3) is 0.718. The second-order valence-corrected chi connectivity index (χ2v) is 12.2. The van der Waals surface area contributed by atoms with E-state index in [9.17, 15) is 24.6 Å². The van der Waals surface area contributed by atoms with Crippen LogP contribution in [0.4, 0.5) is 0 Å². The van der Waals surface area contributed by atoms with Crippen LogP contribution in [0.3, 0.4) is 0 Å². The molecule has 0 aromatic carbocycles. The van der Waals surface area contributed by atoms with Crippen LogP contribution < -0.4 is 0 Å². The lowest BCUT2D eigenvalue weighted by Crippen LogP contribution is -2.47. The van der Waals surface area contributed by atoms with Gasteiger partial charge in [-0.3, -0.25) is 14.4 Å². The van der Waals surface area contributed by atoms with Crippen molar-refractivity contribution in [1.82, 2.24) is 0 Å². The van der Waals surface area contributed by atoms with Crippen molar-refractivity contribution in [3.05, 3.63) is 48.6 Å². The summed E-state index contributed by atoms with van der Waals surface area (Å²) in [5.41, 5.74) is 0. The van der Waals surface area contributed by atoms with Gasteiger partial charge < -0.3 is 10.2 Å². The van der Waals surface area contributed by atoms with Crippen molar-refractivity contribution in [2.75, 3.05) is 0 Å². The van der Waals surface area contributed by atoms with E-state index >= 15 is 0 Å². The number of hydrogen-bond acceptors (Lipinski definition) is 5. The quantitative estimate of drug-likeness (QED) is 0.0340. The zero-order valence-corrected chi connectivity index (χ0v) is 28.4. The number of rotatable bonds is 32. The molecule has 0 saturated carbocycles. The van der Waals surface area contributed by atoms with E-state index in [4.69, 9.17) is 0 Å². The highest BCUT2D eigenvalue weighted by Gasteiger charge is 2.41. The minimum atomic E-state index is -3.05. The minimum Gasteiger partial charge on any atom is -0.354 e. The SMILES string of the molecule is CCCCCC=CCC=CCCCCCCCC(=O)CC(=O)C(O)(O)C(=O)CCCCCCCC=CCC=CCCCCC. The second-order valence-electron chi connectivity index (χ2n) is 12.2. The van der Waals surface area contributed by atoms with Crippen LogP contribution in [0.2, 0.25) is 0 Å². The van der Waals surface area contributed by atoms with Gasteiger partial charge in [0.25, 0.3) is 5.79 Å². The molecule has 44 heavy (non-hydrogen) atoms. The van der Waals surface area contributed by atoms with Crippen LogP contribution in [0.1, 0.15) is 174 Å². The van der Waals surface area contributed by atoms with Gasteiger partial charge in [0.2, 0.25) is 5.78 Å². The first-order chi connectivity index (χ1) is 21.4. The van der Waals surface area contributed by atoms with E-state index in [1.54, 1.807) is 0 Å². The Labute approximate surface area is 270 Å². The molecule has 0 aliphatic heterocycles. The molecular weight excluding hydrogens is 548 g/mol. The van der Waals surface area contributed by atoms with Crippen molar-refractivity contribution >= 4 is 17.3 Å². The largest absolute Gasteiger partial charge is 0.354 e. The fourth-order valence-corrected chi connectivity index (χ4v) is 4.95. The van der Waals surface area contributed by atoms with Crippen LogP contribution in [-0.2, 0) is 14.4 Å². The maximum absolute atomic E-state index is 12.3. The number of carbonyl (C=O) groups excluding carboxylic acids is 3. The second kappa shape index (κ2) is 30.9. The summed E-state index contributed by atoms with van der Waals surface area (Å²) >= 11 is 0. The fourth-order valence-electron chi connectivity index (χ4n) is 4.95. The molecule has 0 aliphatic rings. The Kier molecular flexibility index (Phi) is 29.4. The van der Waals surface area contributed by atoms with Crippen LogP contribution in [0, 0.1) is 0 Å². The average Bonchev–Trinajstić information content (AvgIpc) is 3.00. The van der Waals surface area contributed by atoms with E-state index in [-0.39, 0.29) is 18.6 Å². The molecule has 2 N–H and O–H groups in total. The van der Waals surface area contributed by atoms with Gasteiger partial charge in [0, 0.05) is 12.8 Å². The molecule has 0 aromatic heterocycles. The summed E-state index contributed by atoms with van der Waals surface area (Å²) < 4.78 is 0. The summed E-state index contributed by atoms with van der Waals surface area (Å²) in [5.74, 6) is -5.39. The molecule has 252 valence electrons. The van der Waals surface area contributed by atoms with Gasteiger partial charge in [-0.25, -0.2) is 0 Å². The van der Waals surface area contributed by atoms with Gasteiger partial charge in [0.15, 0.2) is 5.78 Å². The van der Waals surface area contributed by atoms with Crippen molar-refractivity contribution in [1.29, 1.82) is 0 Å². The van der Waals surface area contributed by atoms with Gasteiger partial charge >= 0.3 is 0 Å². The summed E-state index contributed by atoms with van der Waals surface area (Å²) in [6.07, 6.45) is 40.8. The van der Waals surface area contributed by atoms with Crippen LogP contribution >= 0.6 is 0 Å². The molecule has 0 heterocycles. The van der Waals surface area contributed by atoms with Gasteiger partial charge in [-0.15, -0.1) is 0 Å². The molecule has 5 heteroatoms. The van der Waals surface area contributed by atoms with Crippen molar-refractivity contribution in [2.45, 2.75) is 180 Å². The molecule has 0 saturated heterocycles. The summed E-state index contributed by atoms with van der Waals surface area (Å²) in [4.78, 5) is 36.7. The van der Waals surface area contributed by atoms with E-state index in [1.807, 2.05) is 0 Å². The predicted octanol–water partition coefficient (Wildman–Crippen LogP) is 10.4. The molecule has 0 aromatic rings. The number of aliphatic hydroxyl groups is 2. The number of carbonyl (C=O) groups is 3. The third-order valence-electron chi connectivity index (χ3n) is 7.90. The molecule has 0 atom stereocenters. The molecule has 0 spiro atoms. The maximum Gasteiger partial charge on any atom is 0.285 e. The lowest BCUT2D eigenvalue weighted by molar-refractivity contribution is -0.189. The first-order valence-corrected chi connectivity index (χ1v) is 18.0. The number of unbranched alkanes of at least 4 members (excludes halogenated alkanes) is 16. The molecule has 5 nitrogen and oxygen atoms in total. The Hall–Kier alpha value is -2.11. The van der Waals surface area contributed by atoms with Crippen molar-refractivity contribution < 1.29 is 24.6 Å². The zero-order valence-electron chi connectivity index (χ0n) is 28.4. The third-order valence-corrected chi connectivity index (χ3v) is 7.90. The highest BCUT2D eigenvalue weighted by atomic mass is 16.5. The van der Waals surface area contributed by atoms with E-state index in [2.05, 4.69) is 62.5 Å². The molecule has 0 aliphatic carbocycles. The van der Waals surface area contributed by atoms with Crippen LogP contribution in [0.15, 0.2) is 48.6 Å². The number of allylic oxidation sites excluding steroid dienone is 8. The Morgan fingerprint density at radius 3 is 1.25 bits per heavy atom. The summed E-state index contributed by atoms with van der Waals surface area (Å²) in [5, 5.41) is 20.2. The van der Waals surface area contributed by atoms with E-state index < -0.39 is 23.8 Å². The molecular formula is C39H66O5. The maximum atomic E-state index is 12.3. The third kappa shape index (κ3) is 26.3. The summed E-state index contributed by atoms with van der Waals surface area (Å²) in [6.45, 7) is 4.44. The molecule has 0 unspecified atom stereocenters. The monoisotopic (exact) mass is 614 g/mol. The molecule has 0 radical (unpaired) electrons. The highest BCUT2D eigenvalue weighted by Crippen LogP contribution is 2.16. The zero-order chi connectivity index (χ0) is 32.6. The summed E-state index contributed by atoms with van der Waals surface area (Å²) in [7, 11) is 0. The van der Waals surface area contributed by atoms with Crippen molar-refractivity contribution in [3.63, 3.8) is 0 Å². The summed E-state index contributed by atoms with van der Waals surface area (Å²) in [6, 6.07) is 0. The first-order valence-electron chi connectivity index (χ1n) is 18.0. The van der Waals surface area contributed by atoms with Gasteiger partial charge in [-0.05, 0) is 77.0 Å². The van der Waals surface area contributed by atoms with Gasteiger partial charge in [0.1, 0.15) is 5.78 Å². The normalized spacial score (nSPS) is 12.5. The molecule has 0 amide bonds. The molecule has 0 fully saturated rings. The van der Waals surface area contributed by atoms with Gasteiger partial charge in [0.05, 0.1) is 6.42 Å². The van der Waals surface area contributed by atoms with Crippen molar-refractivity contribution in [2.24, 2.45) is 0 Å². The average molecular weight is 615 g/mol. The number of Topliss-reactive ketones (excluding diaryl/α,β-unsaturated/α-hetero) is 3. The highest BCUT2D eigenvalue weighted by molar-refractivity contribution is 6.13. The molecule has 0 rings (SSSR count). The molecule has 0 bridgehead atoms. The van der Waals surface area contributed by atoms with E-state index in [1.165, 1.54) is 51.4 Å². The Balaban J connectivity index is 3.82. The first kappa shape index (κ1) is 41.9. The van der Waals surface area contributed by atoms with E-state index in [0.717, 1.165) is 77.0 Å². The van der Waals surface area contributed by atoms with E-state index in [0.29, 0.717) is 12.8 Å². The minimum absolute atomic E-state index is 0.0671. The van der Waals surface area contributed by atoms with Gasteiger partial charge in [-0.2, -0.15) is 0 Å². The standard InChI is InChI=1S/C39H66O5/c1-3-5-7-9-11-13-15-17-19-21-23-25-27-29-31-33-36(40)35-38(42)39(43,44)37(41)34-32-30-28-26-24-22-20-18-16-14-12-10-8-6-4-2/h11-14,17-20,43-44H,3-10,15-16,21-35H2,1-2H3. The van der Waals surface area contributed by atoms with Crippen LogP contribution in [0.25, 0.3) is 0 Å². The number of hydrogen-bond donors (Lipinski definition) is 2. The predicted molar refractivity (Wildman–Crippen MR) is 186 cm³/mol. The van der Waals surface area contributed by atoms with Crippen LogP contribution in [0.5, 0.6) is 0 Å². The Morgan fingerprint density at radius 1 is 0.455 bits per heavy atom. The number of ketones is 3. The topological polar surface area (TPSA) is 91.7 Å². The van der Waals surface area contributed by atoms with Crippen LogP contribution in [-0.4, -0.2) is 33.3 Å². The Bertz CT molecular complexity index is 833.